The van der Waals surface area contributed by atoms with Crippen molar-refractivity contribution < 1.29 is 16.8 Å². The van der Waals surface area contributed by atoms with E-state index in [4.69, 9.17) is 13.3 Å². The summed E-state index contributed by atoms with van der Waals surface area (Å²) >= 11 is 0. The summed E-state index contributed by atoms with van der Waals surface area (Å²) in [6, 6.07) is 0. The lowest BCUT2D eigenvalue weighted by Crippen LogP contribution is -2.52. The number of aliphatic hydroxyl groups is 1. The highest BCUT2D eigenvalue weighted by atomic mass is 16.3. The molecule has 0 aromatic carbocycles. The molecule has 0 spiro atoms. The highest BCUT2D eigenvalue weighted by Crippen LogP contribution is 2.65. The molecule has 4 aliphatic carbocycles. The van der Waals surface area contributed by atoms with Gasteiger partial charge in [0.15, 0.2) is 0 Å². The number of hydrogen-bond donors (Lipinski definition) is 1. The molecule has 0 amide bonds. The number of ketones is 1. The molecule has 2 heteroatoms. The summed E-state index contributed by atoms with van der Waals surface area (Å²) in [7, 11) is 0. The number of Topliss-reactive ketones (excluding diaryl/α,β-unsaturated/α-hetero) is 1. The monoisotopic (exact) mass is 317 g/mol. The second-order valence-corrected chi connectivity index (χ2v) is 8.14. The van der Waals surface area contributed by atoms with Crippen molar-refractivity contribution in [3.63, 3.8) is 0 Å². The van der Waals surface area contributed by atoms with Gasteiger partial charge in [-0.3, -0.25) is 4.79 Å². The first-order valence-corrected chi connectivity index (χ1v) is 8.78. The summed E-state index contributed by atoms with van der Waals surface area (Å²) in [6.45, 7) is -0.340. The molecule has 0 aromatic rings. The number of fused-ring (bicyclic) bond motifs is 4. The summed E-state index contributed by atoms with van der Waals surface area (Å²) in [6.07, 6.45) is 6.98. The fraction of sp³-hybridized carbons (Fsp3) is 0.762. The van der Waals surface area contributed by atoms with Crippen LogP contribution >= 0.6 is 0 Å². The quantitative estimate of drug-likeness (QED) is 0.544. The van der Waals surface area contributed by atoms with E-state index >= 15 is 0 Å². The zero-order valence-corrected chi connectivity index (χ0v) is 13.7. The van der Waals surface area contributed by atoms with Crippen LogP contribution in [0, 0.1) is 41.4 Å². The van der Waals surface area contributed by atoms with E-state index in [1.165, 1.54) is 5.57 Å². The maximum absolute atomic E-state index is 12.0. The Bertz CT molecular complexity index is 792. The molecule has 0 aliphatic heterocycles. The van der Waals surface area contributed by atoms with Crippen molar-refractivity contribution in [2.24, 2.45) is 29.1 Å². The molecule has 0 aromatic heterocycles. The van der Waals surface area contributed by atoms with Gasteiger partial charge in [0, 0.05) is 25.1 Å². The Morgan fingerprint density at radius 3 is 3.00 bits per heavy atom. The summed E-state index contributed by atoms with van der Waals surface area (Å²) in [5.74, 6) is 1.44. The van der Waals surface area contributed by atoms with Crippen LogP contribution in [0.1, 0.15) is 71.9 Å². The van der Waals surface area contributed by atoms with E-state index in [-0.39, 0.29) is 30.0 Å². The molecule has 0 unspecified atom stereocenters. The SMILES string of the molecule is [2H]C([2H])([2H])[C@@H]1CC2=C(CCC(=O)C2)[C@H]2CC[C@@]3(C)[C@@H](CC([2H])([2H])[C@@]3(O)C#C)[C@@H]21. The van der Waals surface area contributed by atoms with Gasteiger partial charge in [-0.2, -0.15) is 0 Å². The molecule has 2 fully saturated rings. The smallest absolute Gasteiger partial charge is 0.137 e. The van der Waals surface area contributed by atoms with Crippen LogP contribution in [-0.4, -0.2) is 16.5 Å². The fourth-order valence-electron chi connectivity index (χ4n) is 5.93. The molecule has 4 aliphatic rings. The van der Waals surface area contributed by atoms with Gasteiger partial charge in [-0.1, -0.05) is 30.8 Å². The Kier molecular flexibility index (Phi) is 2.31. The average molecular weight is 317 g/mol. The Balaban J connectivity index is 1.84. The van der Waals surface area contributed by atoms with Crippen LogP contribution in [0.5, 0.6) is 0 Å². The van der Waals surface area contributed by atoms with E-state index in [0.29, 0.717) is 38.5 Å². The molecule has 0 bridgehead atoms. The molecule has 2 saturated carbocycles. The number of carbonyl (C=O) groups is 1. The minimum Gasteiger partial charge on any atom is -0.377 e. The Morgan fingerprint density at radius 1 is 1.43 bits per heavy atom. The van der Waals surface area contributed by atoms with Gasteiger partial charge in [-0.15, -0.1) is 6.42 Å². The second-order valence-electron chi connectivity index (χ2n) is 8.14. The predicted octanol–water partition coefficient (Wildman–Crippen LogP) is 3.88. The summed E-state index contributed by atoms with van der Waals surface area (Å²) in [4.78, 5) is 12.0. The van der Waals surface area contributed by atoms with Gasteiger partial charge in [-0.05, 0) is 62.1 Å². The number of hydrogen-bond acceptors (Lipinski definition) is 2. The lowest BCUT2D eigenvalue weighted by molar-refractivity contribution is -0.119. The molecular formula is C21H28O2. The number of carbonyl (C=O) groups excluding carboxylic acids is 1. The molecule has 124 valence electrons. The second kappa shape index (κ2) is 4.96. The lowest BCUT2D eigenvalue weighted by Gasteiger charge is -2.55. The van der Waals surface area contributed by atoms with E-state index < -0.39 is 30.2 Å². The maximum Gasteiger partial charge on any atom is 0.137 e. The molecule has 0 heterocycles. The average Bonchev–Trinajstić information content (AvgIpc) is 2.76. The molecular weight excluding hydrogens is 284 g/mol. The summed E-state index contributed by atoms with van der Waals surface area (Å²) < 4.78 is 41.5. The third-order valence-electron chi connectivity index (χ3n) is 7.25. The van der Waals surface area contributed by atoms with Gasteiger partial charge < -0.3 is 5.11 Å². The van der Waals surface area contributed by atoms with Crippen LogP contribution in [0.4, 0.5) is 0 Å². The van der Waals surface area contributed by atoms with Gasteiger partial charge in [0.05, 0.1) is 0 Å². The fourth-order valence-corrected chi connectivity index (χ4v) is 5.93. The molecule has 0 radical (unpaired) electrons. The van der Waals surface area contributed by atoms with Gasteiger partial charge >= 0.3 is 0 Å². The molecule has 4 rings (SSSR count). The minimum absolute atomic E-state index is 0.0521. The molecule has 2 nitrogen and oxygen atoms in total. The first-order chi connectivity index (χ1) is 12.9. The first-order valence-electron chi connectivity index (χ1n) is 11.3. The van der Waals surface area contributed by atoms with Crippen LogP contribution in [0.15, 0.2) is 11.1 Å². The molecule has 0 saturated heterocycles. The third-order valence-corrected chi connectivity index (χ3v) is 7.25. The van der Waals surface area contributed by atoms with E-state index in [2.05, 4.69) is 5.92 Å². The van der Waals surface area contributed by atoms with Crippen molar-refractivity contribution in [1.29, 1.82) is 0 Å². The number of allylic oxidation sites excluding steroid dienone is 2. The van der Waals surface area contributed by atoms with Crippen molar-refractivity contribution in [2.45, 2.75) is 70.7 Å². The number of rotatable bonds is 0. The van der Waals surface area contributed by atoms with E-state index in [1.54, 1.807) is 0 Å². The van der Waals surface area contributed by atoms with Crippen LogP contribution in [-0.2, 0) is 4.79 Å². The van der Waals surface area contributed by atoms with Crippen molar-refractivity contribution in [3.8, 4) is 12.3 Å². The van der Waals surface area contributed by atoms with Gasteiger partial charge in [-0.25, -0.2) is 0 Å². The van der Waals surface area contributed by atoms with E-state index in [0.717, 1.165) is 5.57 Å². The van der Waals surface area contributed by atoms with Crippen molar-refractivity contribution >= 4 is 5.78 Å². The maximum atomic E-state index is 12.0. The zero-order chi connectivity index (χ0) is 20.7. The predicted molar refractivity (Wildman–Crippen MR) is 90.5 cm³/mol. The van der Waals surface area contributed by atoms with Crippen LogP contribution in [0.3, 0.4) is 0 Å². The Hall–Kier alpha value is -1.07. The Labute approximate surface area is 146 Å². The molecule has 23 heavy (non-hydrogen) atoms. The van der Waals surface area contributed by atoms with E-state index in [9.17, 15) is 9.90 Å². The first kappa shape index (κ1) is 10.7. The van der Waals surface area contributed by atoms with Crippen LogP contribution in [0.2, 0.25) is 0 Å². The highest BCUT2D eigenvalue weighted by molar-refractivity contribution is 5.82. The third kappa shape index (κ3) is 1.96. The summed E-state index contributed by atoms with van der Waals surface area (Å²) in [5, 5.41) is 11.2. The molecule has 6 atom stereocenters. The van der Waals surface area contributed by atoms with E-state index in [1.807, 2.05) is 6.92 Å². The van der Waals surface area contributed by atoms with Gasteiger partial charge in [0.1, 0.15) is 11.4 Å². The standard InChI is InChI=1S/C21H28O2/c1-4-21(23)10-8-18-19-13(2)11-14-12-15(22)5-6-16(14)17(19)7-9-20(18,21)3/h1,13,17-19,23H,5-12H2,2-3H3/t13-,17-,18+,19-,20+,21+/m1/s1/i2D3,10D2. The lowest BCUT2D eigenvalue weighted by atomic mass is 9.50. The zero-order valence-electron chi connectivity index (χ0n) is 18.7. The van der Waals surface area contributed by atoms with Crippen LogP contribution in [0.25, 0.3) is 0 Å². The highest BCUT2D eigenvalue weighted by Gasteiger charge is 2.62. The number of terminal acetylenes is 1. The normalized spacial score (nSPS) is 55.2. The van der Waals surface area contributed by atoms with Gasteiger partial charge in [0.25, 0.3) is 0 Å². The van der Waals surface area contributed by atoms with Crippen molar-refractivity contribution in [2.75, 3.05) is 0 Å². The minimum atomic E-state index is -2.19. The van der Waals surface area contributed by atoms with Crippen molar-refractivity contribution in [1.82, 2.24) is 0 Å². The summed E-state index contributed by atoms with van der Waals surface area (Å²) in [5.41, 5.74) is -0.496. The molecule has 1 N–H and O–H groups in total. The Morgan fingerprint density at radius 2 is 2.26 bits per heavy atom. The van der Waals surface area contributed by atoms with Gasteiger partial charge in [0.2, 0.25) is 0 Å². The largest absolute Gasteiger partial charge is 0.377 e. The van der Waals surface area contributed by atoms with Crippen LogP contribution < -0.4 is 0 Å². The topological polar surface area (TPSA) is 37.3 Å². The van der Waals surface area contributed by atoms with Crippen molar-refractivity contribution in [3.05, 3.63) is 11.1 Å².